The molecule has 0 unspecified atom stereocenters. The number of hydrogen-bond acceptors (Lipinski definition) is 4. The van der Waals surface area contributed by atoms with Crippen molar-refractivity contribution in [1.82, 2.24) is 0 Å². The Bertz CT molecular complexity index is 979. The van der Waals surface area contributed by atoms with E-state index in [9.17, 15) is 4.79 Å². The third-order valence-electron chi connectivity index (χ3n) is 4.12. The van der Waals surface area contributed by atoms with Gasteiger partial charge in [0.15, 0.2) is 0 Å². The number of hydrogen-bond donors (Lipinski definition) is 0. The van der Waals surface area contributed by atoms with Gasteiger partial charge < -0.3 is 4.74 Å². The second-order valence-electron chi connectivity index (χ2n) is 5.85. The van der Waals surface area contributed by atoms with Crippen molar-refractivity contribution in [2.45, 2.75) is 26.5 Å². The molecule has 1 aliphatic heterocycles. The lowest BCUT2D eigenvalue weighted by atomic mass is 9.98. The van der Waals surface area contributed by atoms with E-state index in [2.05, 4.69) is 42.5 Å². The molecule has 0 atom stereocenters. The largest absolute Gasteiger partial charge is 0.465 e. The van der Waals surface area contributed by atoms with E-state index in [4.69, 9.17) is 4.74 Å². The average Bonchev–Trinajstić information content (AvgIpc) is 2.65. The summed E-state index contributed by atoms with van der Waals surface area (Å²) in [4.78, 5) is 17.2. The van der Waals surface area contributed by atoms with Crippen molar-refractivity contribution in [2.24, 2.45) is 0 Å². The van der Waals surface area contributed by atoms with E-state index in [1.807, 2.05) is 25.1 Å². The highest BCUT2D eigenvalue weighted by Crippen LogP contribution is 2.49. The fraction of sp³-hybridized carbons (Fsp3) is 0.0952. The van der Waals surface area contributed by atoms with Gasteiger partial charge in [-0.25, -0.2) is 4.79 Å². The molecule has 25 heavy (non-hydrogen) atoms. The monoisotopic (exact) mass is 364 g/mol. The van der Waals surface area contributed by atoms with Gasteiger partial charge in [0.25, 0.3) is 0 Å². The minimum Gasteiger partial charge on any atom is -0.465 e. The van der Waals surface area contributed by atoms with Crippen molar-refractivity contribution < 1.29 is 9.53 Å². The zero-order valence-corrected chi connectivity index (χ0v) is 15.5. The van der Waals surface area contributed by atoms with Crippen LogP contribution in [0, 0.1) is 6.92 Å². The Morgan fingerprint density at radius 1 is 0.840 bits per heavy atom. The number of aryl methyl sites for hydroxylation is 1. The van der Waals surface area contributed by atoms with Crippen LogP contribution >= 0.6 is 23.5 Å². The number of carbonyl (C=O) groups excluding carboxylic acids is 1. The zero-order valence-electron chi connectivity index (χ0n) is 13.9. The minimum absolute atomic E-state index is 0.302. The summed E-state index contributed by atoms with van der Waals surface area (Å²) in [6, 6.07) is 20.7. The first-order chi connectivity index (χ1) is 12.2. The van der Waals surface area contributed by atoms with E-state index in [-0.39, 0.29) is 5.97 Å². The molecule has 0 fully saturated rings. The SMILES string of the molecule is COC(=O)c1cc(C)ccc1-c1ccc2c(c1)Sc1ccccc1S2. The molecule has 3 aromatic rings. The van der Waals surface area contributed by atoms with Gasteiger partial charge >= 0.3 is 5.97 Å². The predicted molar refractivity (Wildman–Crippen MR) is 103 cm³/mol. The summed E-state index contributed by atoms with van der Waals surface area (Å²) >= 11 is 3.57. The highest BCUT2D eigenvalue weighted by atomic mass is 32.2. The Morgan fingerprint density at radius 3 is 2.24 bits per heavy atom. The first-order valence-electron chi connectivity index (χ1n) is 7.94. The maximum Gasteiger partial charge on any atom is 0.338 e. The first kappa shape index (κ1) is 16.3. The van der Waals surface area contributed by atoms with Gasteiger partial charge in [-0.05, 0) is 48.4 Å². The Balaban J connectivity index is 1.79. The van der Waals surface area contributed by atoms with Gasteiger partial charge in [0.05, 0.1) is 12.7 Å². The lowest BCUT2D eigenvalue weighted by Crippen LogP contribution is -2.04. The van der Waals surface area contributed by atoms with Crippen LogP contribution in [-0.4, -0.2) is 13.1 Å². The number of benzene rings is 3. The number of fused-ring (bicyclic) bond motifs is 2. The number of carbonyl (C=O) groups is 1. The normalized spacial score (nSPS) is 12.2. The van der Waals surface area contributed by atoms with Crippen LogP contribution in [0.3, 0.4) is 0 Å². The second-order valence-corrected chi connectivity index (χ2v) is 8.02. The molecule has 1 heterocycles. The summed E-state index contributed by atoms with van der Waals surface area (Å²) in [5.41, 5.74) is 3.59. The molecule has 3 aromatic carbocycles. The molecule has 0 radical (unpaired) electrons. The van der Waals surface area contributed by atoms with Gasteiger partial charge in [0.1, 0.15) is 0 Å². The second kappa shape index (κ2) is 6.62. The Labute approximate surface area is 155 Å². The minimum atomic E-state index is -0.302. The number of rotatable bonds is 2. The molecule has 0 N–H and O–H groups in total. The van der Waals surface area contributed by atoms with Crippen molar-refractivity contribution in [3.63, 3.8) is 0 Å². The summed E-state index contributed by atoms with van der Waals surface area (Å²) in [7, 11) is 1.42. The molecule has 0 saturated carbocycles. The van der Waals surface area contributed by atoms with Crippen LogP contribution in [-0.2, 0) is 4.74 Å². The standard InChI is InChI=1S/C21H16O2S2/c1-13-7-9-15(16(11-13)21(22)23-2)14-8-10-19-20(12-14)25-18-6-4-3-5-17(18)24-19/h3-12H,1-2H3. The van der Waals surface area contributed by atoms with E-state index in [1.165, 1.54) is 26.7 Å². The Morgan fingerprint density at radius 2 is 1.52 bits per heavy atom. The average molecular weight is 364 g/mol. The number of ether oxygens (including phenoxy) is 1. The zero-order chi connectivity index (χ0) is 17.4. The molecule has 1 aliphatic rings. The summed E-state index contributed by atoms with van der Waals surface area (Å²) in [6.45, 7) is 1.98. The van der Waals surface area contributed by atoms with E-state index in [1.54, 1.807) is 23.5 Å². The quantitative estimate of drug-likeness (QED) is 0.404. The topological polar surface area (TPSA) is 26.3 Å². The molecule has 0 saturated heterocycles. The third-order valence-corrected chi connectivity index (χ3v) is 6.67. The fourth-order valence-corrected chi connectivity index (χ4v) is 5.14. The molecule has 4 rings (SSSR count). The molecular formula is C21H16O2S2. The molecule has 4 heteroatoms. The summed E-state index contributed by atoms with van der Waals surface area (Å²) < 4.78 is 4.96. The maximum absolute atomic E-state index is 12.2. The highest BCUT2D eigenvalue weighted by molar-refractivity contribution is 8.05. The molecule has 0 amide bonds. The molecule has 124 valence electrons. The van der Waals surface area contributed by atoms with Gasteiger partial charge in [0, 0.05) is 19.6 Å². The van der Waals surface area contributed by atoms with Crippen LogP contribution in [0.4, 0.5) is 0 Å². The van der Waals surface area contributed by atoms with Gasteiger partial charge in [0.2, 0.25) is 0 Å². The van der Waals surface area contributed by atoms with Crippen LogP contribution in [0.25, 0.3) is 11.1 Å². The molecule has 0 spiro atoms. The third kappa shape index (κ3) is 3.08. The van der Waals surface area contributed by atoms with E-state index < -0.39 is 0 Å². The van der Waals surface area contributed by atoms with Crippen molar-refractivity contribution in [3.05, 3.63) is 71.8 Å². The molecule has 0 bridgehead atoms. The van der Waals surface area contributed by atoms with Crippen molar-refractivity contribution in [2.75, 3.05) is 7.11 Å². The van der Waals surface area contributed by atoms with Crippen LogP contribution in [0.15, 0.2) is 80.2 Å². The van der Waals surface area contributed by atoms with Crippen LogP contribution in [0.1, 0.15) is 15.9 Å². The van der Waals surface area contributed by atoms with Crippen LogP contribution in [0.5, 0.6) is 0 Å². The summed E-state index contributed by atoms with van der Waals surface area (Å²) in [5.74, 6) is -0.302. The van der Waals surface area contributed by atoms with E-state index in [0.717, 1.165) is 16.7 Å². The lowest BCUT2D eigenvalue weighted by molar-refractivity contribution is 0.0601. The molecule has 2 nitrogen and oxygen atoms in total. The van der Waals surface area contributed by atoms with Crippen LogP contribution in [0.2, 0.25) is 0 Å². The molecule has 0 aromatic heterocycles. The maximum atomic E-state index is 12.2. The fourth-order valence-electron chi connectivity index (χ4n) is 2.88. The van der Waals surface area contributed by atoms with Crippen molar-refractivity contribution >= 4 is 29.5 Å². The smallest absolute Gasteiger partial charge is 0.338 e. The van der Waals surface area contributed by atoms with Gasteiger partial charge in [-0.2, -0.15) is 0 Å². The van der Waals surface area contributed by atoms with Gasteiger partial charge in [-0.15, -0.1) is 0 Å². The number of esters is 1. The van der Waals surface area contributed by atoms with Crippen molar-refractivity contribution in [1.29, 1.82) is 0 Å². The molecule has 0 aliphatic carbocycles. The Hall–Kier alpha value is -2.17. The molecular weight excluding hydrogens is 348 g/mol. The summed E-state index contributed by atoms with van der Waals surface area (Å²) in [6.07, 6.45) is 0. The van der Waals surface area contributed by atoms with Crippen LogP contribution < -0.4 is 0 Å². The van der Waals surface area contributed by atoms with Crippen molar-refractivity contribution in [3.8, 4) is 11.1 Å². The lowest BCUT2D eigenvalue weighted by Gasteiger charge is -2.19. The Kier molecular flexibility index (Phi) is 4.32. The summed E-state index contributed by atoms with van der Waals surface area (Å²) in [5, 5.41) is 0. The first-order valence-corrected chi connectivity index (χ1v) is 9.57. The van der Waals surface area contributed by atoms with E-state index in [0.29, 0.717) is 5.56 Å². The van der Waals surface area contributed by atoms with Gasteiger partial charge in [-0.3, -0.25) is 0 Å². The van der Waals surface area contributed by atoms with Gasteiger partial charge in [-0.1, -0.05) is 59.4 Å². The highest BCUT2D eigenvalue weighted by Gasteiger charge is 2.19. The predicted octanol–water partition coefficient (Wildman–Crippen LogP) is 6.06. The van der Waals surface area contributed by atoms with E-state index >= 15 is 0 Å². The number of methoxy groups -OCH3 is 1.